The number of rotatable bonds is 5. The maximum Gasteiger partial charge on any atom is 0.126 e. The fraction of sp³-hybridized carbons (Fsp3) is 0.375. The molecular weight excluding hydrogens is 248 g/mol. The molecule has 0 radical (unpaired) electrons. The molecule has 1 heterocycles. The molecule has 4 nitrogen and oxygen atoms in total. The van der Waals surface area contributed by atoms with E-state index in [9.17, 15) is 0 Å². The van der Waals surface area contributed by atoms with Crippen LogP contribution in [0.15, 0.2) is 30.5 Å². The molecule has 0 saturated carbocycles. The van der Waals surface area contributed by atoms with E-state index < -0.39 is 0 Å². The summed E-state index contributed by atoms with van der Waals surface area (Å²) in [5.74, 6) is 0.0637. The standard InChI is InChI=1S/C16H22N4/c1-4-7-11(2)20(3)15-12-8-5-6-9-14(12)19-10-13(15)16(17)18/h5-6,8-11H,4,7H2,1-3H3,(H3,17,18). The van der Waals surface area contributed by atoms with Crippen molar-refractivity contribution in [1.29, 1.82) is 5.41 Å². The molecule has 0 aliphatic heterocycles. The summed E-state index contributed by atoms with van der Waals surface area (Å²) in [5, 5.41) is 8.85. The number of hydrogen-bond acceptors (Lipinski definition) is 3. The molecule has 106 valence electrons. The van der Waals surface area contributed by atoms with Crippen molar-refractivity contribution < 1.29 is 0 Å². The Balaban J connectivity index is 2.63. The minimum atomic E-state index is 0.0637. The van der Waals surface area contributed by atoms with E-state index >= 15 is 0 Å². The van der Waals surface area contributed by atoms with Gasteiger partial charge in [-0.25, -0.2) is 0 Å². The number of anilines is 1. The lowest BCUT2D eigenvalue weighted by Gasteiger charge is -2.29. The molecule has 0 saturated heterocycles. The Morgan fingerprint density at radius 1 is 1.40 bits per heavy atom. The average Bonchev–Trinajstić information content (AvgIpc) is 2.45. The molecule has 2 aromatic rings. The van der Waals surface area contributed by atoms with Crippen LogP contribution in [0.3, 0.4) is 0 Å². The van der Waals surface area contributed by atoms with Crippen LogP contribution in [-0.4, -0.2) is 23.9 Å². The molecule has 0 bridgehead atoms. The van der Waals surface area contributed by atoms with Gasteiger partial charge in [-0.05, 0) is 19.4 Å². The predicted octanol–water partition coefficient (Wildman–Crippen LogP) is 3.14. The van der Waals surface area contributed by atoms with Crippen LogP contribution in [-0.2, 0) is 0 Å². The highest BCUT2D eigenvalue weighted by Crippen LogP contribution is 2.30. The molecular formula is C16H22N4. The zero-order chi connectivity index (χ0) is 14.7. The van der Waals surface area contributed by atoms with Crippen LogP contribution in [0.5, 0.6) is 0 Å². The molecule has 1 unspecified atom stereocenters. The highest BCUT2D eigenvalue weighted by Gasteiger charge is 2.18. The van der Waals surface area contributed by atoms with Gasteiger partial charge in [0.15, 0.2) is 0 Å². The summed E-state index contributed by atoms with van der Waals surface area (Å²) in [6, 6.07) is 8.39. The van der Waals surface area contributed by atoms with E-state index in [-0.39, 0.29) is 5.84 Å². The highest BCUT2D eigenvalue weighted by molar-refractivity contribution is 6.07. The lowest BCUT2D eigenvalue weighted by atomic mass is 10.0. The molecule has 0 aliphatic carbocycles. The number of para-hydroxylation sites is 1. The first-order valence-electron chi connectivity index (χ1n) is 7.01. The van der Waals surface area contributed by atoms with Gasteiger partial charge in [0.1, 0.15) is 5.84 Å². The number of aromatic nitrogens is 1. The molecule has 2 rings (SSSR count). The van der Waals surface area contributed by atoms with Crippen LogP contribution < -0.4 is 10.6 Å². The SMILES string of the molecule is CCCC(C)N(C)c1c(C(=N)N)cnc2ccccc12. The van der Waals surface area contributed by atoms with Crippen LogP contribution in [0.1, 0.15) is 32.3 Å². The fourth-order valence-corrected chi connectivity index (χ4v) is 2.54. The molecule has 0 aliphatic rings. The number of fused-ring (bicyclic) bond motifs is 1. The molecule has 1 atom stereocenters. The van der Waals surface area contributed by atoms with Crippen molar-refractivity contribution in [2.45, 2.75) is 32.7 Å². The van der Waals surface area contributed by atoms with E-state index in [1.165, 1.54) is 0 Å². The molecule has 1 aromatic carbocycles. The number of amidine groups is 1. The first kappa shape index (κ1) is 14.3. The Bertz CT molecular complexity index is 621. The van der Waals surface area contributed by atoms with Crippen LogP contribution >= 0.6 is 0 Å². The quantitative estimate of drug-likeness (QED) is 0.648. The summed E-state index contributed by atoms with van der Waals surface area (Å²) in [7, 11) is 2.06. The summed E-state index contributed by atoms with van der Waals surface area (Å²) in [6.07, 6.45) is 3.93. The van der Waals surface area contributed by atoms with Gasteiger partial charge in [0.05, 0.1) is 16.8 Å². The molecule has 0 fully saturated rings. The van der Waals surface area contributed by atoms with Gasteiger partial charge in [-0.3, -0.25) is 10.4 Å². The van der Waals surface area contributed by atoms with Gasteiger partial charge in [0, 0.05) is 24.7 Å². The average molecular weight is 270 g/mol. The zero-order valence-corrected chi connectivity index (χ0v) is 12.4. The Hall–Kier alpha value is -2.10. The summed E-state index contributed by atoms with van der Waals surface area (Å²) >= 11 is 0. The number of nitrogens with zero attached hydrogens (tertiary/aromatic N) is 2. The summed E-state index contributed by atoms with van der Waals surface area (Å²) < 4.78 is 0. The molecule has 1 aromatic heterocycles. The van der Waals surface area contributed by atoms with Gasteiger partial charge in [0.2, 0.25) is 0 Å². The monoisotopic (exact) mass is 270 g/mol. The van der Waals surface area contributed by atoms with E-state index in [0.717, 1.165) is 29.4 Å². The number of nitrogen functional groups attached to an aromatic ring is 1. The van der Waals surface area contributed by atoms with Crippen molar-refractivity contribution in [2.75, 3.05) is 11.9 Å². The lowest BCUT2D eigenvalue weighted by molar-refractivity contribution is 0.617. The largest absolute Gasteiger partial charge is 0.384 e. The number of nitrogens with two attached hydrogens (primary N) is 1. The van der Waals surface area contributed by atoms with E-state index in [0.29, 0.717) is 11.6 Å². The zero-order valence-electron chi connectivity index (χ0n) is 12.4. The maximum absolute atomic E-state index is 7.80. The summed E-state index contributed by atoms with van der Waals surface area (Å²) in [5.41, 5.74) is 8.37. The highest BCUT2D eigenvalue weighted by atomic mass is 15.1. The van der Waals surface area contributed by atoms with Crippen LogP contribution in [0.25, 0.3) is 10.9 Å². The molecule has 3 N–H and O–H groups in total. The maximum atomic E-state index is 7.80. The minimum Gasteiger partial charge on any atom is -0.384 e. The second kappa shape index (κ2) is 5.90. The third-order valence-corrected chi connectivity index (χ3v) is 3.76. The number of hydrogen-bond donors (Lipinski definition) is 2. The predicted molar refractivity (Wildman–Crippen MR) is 85.5 cm³/mol. The van der Waals surface area contributed by atoms with E-state index in [2.05, 4.69) is 30.8 Å². The third-order valence-electron chi connectivity index (χ3n) is 3.76. The Morgan fingerprint density at radius 3 is 2.75 bits per heavy atom. The second-order valence-electron chi connectivity index (χ2n) is 5.20. The number of benzene rings is 1. The molecule has 0 amide bonds. The van der Waals surface area contributed by atoms with Crippen molar-refractivity contribution in [2.24, 2.45) is 5.73 Å². The van der Waals surface area contributed by atoms with Gasteiger partial charge < -0.3 is 10.6 Å². The molecule has 4 heteroatoms. The van der Waals surface area contributed by atoms with Gasteiger partial charge >= 0.3 is 0 Å². The molecule has 20 heavy (non-hydrogen) atoms. The Kier molecular flexibility index (Phi) is 4.23. The summed E-state index contributed by atoms with van der Waals surface area (Å²) in [4.78, 5) is 6.62. The van der Waals surface area contributed by atoms with Gasteiger partial charge in [-0.15, -0.1) is 0 Å². The van der Waals surface area contributed by atoms with Gasteiger partial charge in [0.25, 0.3) is 0 Å². The van der Waals surface area contributed by atoms with Crippen LogP contribution in [0.2, 0.25) is 0 Å². The normalized spacial score (nSPS) is 12.3. The fourth-order valence-electron chi connectivity index (χ4n) is 2.54. The van der Waals surface area contributed by atoms with Crippen molar-refractivity contribution >= 4 is 22.4 Å². The smallest absolute Gasteiger partial charge is 0.126 e. The van der Waals surface area contributed by atoms with Crippen molar-refractivity contribution in [3.8, 4) is 0 Å². The second-order valence-corrected chi connectivity index (χ2v) is 5.20. The number of pyridine rings is 1. The van der Waals surface area contributed by atoms with Crippen molar-refractivity contribution in [1.82, 2.24) is 4.98 Å². The van der Waals surface area contributed by atoms with E-state index in [4.69, 9.17) is 11.1 Å². The molecule has 0 spiro atoms. The minimum absolute atomic E-state index is 0.0637. The third kappa shape index (κ3) is 2.59. The van der Waals surface area contributed by atoms with Crippen LogP contribution in [0.4, 0.5) is 5.69 Å². The topological polar surface area (TPSA) is 66.0 Å². The van der Waals surface area contributed by atoms with E-state index in [1.54, 1.807) is 6.20 Å². The first-order chi connectivity index (χ1) is 9.56. The van der Waals surface area contributed by atoms with Gasteiger partial charge in [-0.2, -0.15) is 0 Å². The Labute approximate surface area is 120 Å². The summed E-state index contributed by atoms with van der Waals surface area (Å²) in [6.45, 7) is 4.38. The van der Waals surface area contributed by atoms with Gasteiger partial charge in [-0.1, -0.05) is 31.5 Å². The number of nitrogens with one attached hydrogen (secondary N) is 1. The van der Waals surface area contributed by atoms with Crippen LogP contribution in [0, 0.1) is 5.41 Å². The first-order valence-corrected chi connectivity index (χ1v) is 7.01. The van der Waals surface area contributed by atoms with Crippen molar-refractivity contribution in [3.05, 3.63) is 36.0 Å². The Morgan fingerprint density at radius 2 is 2.10 bits per heavy atom. The van der Waals surface area contributed by atoms with Crippen molar-refractivity contribution in [3.63, 3.8) is 0 Å². The van der Waals surface area contributed by atoms with E-state index in [1.807, 2.05) is 24.3 Å². The lowest BCUT2D eigenvalue weighted by Crippen LogP contribution is -2.31.